The van der Waals surface area contributed by atoms with Crippen molar-refractivity contribution in [1.82, 2.24) is 10.2 Å². The zero-order valence-electron chi connectivity index (χ0n) is 21.1. The number of aryl methyl sites for hydroxylation is 1. The Hall–Kier alpha value is -4.17. The predicted molar refractivity (Wildman–Crippen MR) is 140 cm³/mol. The Morgan fingerprint density at radius 2 is 1.65 bits per heavy atom. The van der Waals surface area contributed by atoms with E-state index in [0.29, 0.717) is 30.2 Å². The van der Waals surface area contributed by atoms with Gasteiger partial charge in [-0.05, 0) is 42.3 Å². The average molecular weight is 502 g/mol. The molecule has 1 aliphatic heterocycles. The van der Waals surface area contributed by atoms with Crippen LogP contribution in [0.25, 0.3) is 0 Å². The van der Waals surface area contributed by atoms with Crippen LogP contribution in [-0.4, -0.2) is 49.1 Å². The van der Waals surface area contributed by atoms with Gasteiger partial charge in [0.15, 0.2) is 0 Å². The standard InChI is InChI=1S/C29H31N3O5/c1-19-9-13-23(14-10-19)30-27(33)26(20(2)21-7-5-4-6-8-21)32-28(34)25(31-29(32)35)22-11-15-24(16-12-22)37-18-17-36-3/h4-16,20,25-26H,17-18H2,1-3H3,(H,30,33)(H,31,35)/t20-,25+,26-/m0/s1. The molecular formula is C29H31N3O5. The first kappa shape index (κ1) is 25.9. The summed E-state index contributed by atoms with van der Waals surface area (Å²) >= 11 is 0. The number of methoxy groups -OCH3 is 1. The van der Waals surface area contributed by atoms with Crippen molar-refractivity contribution in [1.29, 1.82) is 0 Å². The fourth-order valence-corrected chi connectivity index (χ4v) is 4.34. The Morgan fingerprint density at radius 3 is 2.30 bits per heavy atom. The van der Waals surface area contributed by atoms with Crippen LogP contribution in [0, 0.1) is 6.92 Å². The molecule has 0 spiro atoms. The number of ether oxygens (including phenoxy) is 2. The minimum atomic E-state index is -1.06. The van der Waals surface area contributed by atoms with Gasteiger partial charge in [0.05, 0.1) is 6.61 Å². The van der Waals surface area contributed by atoms with Gasteiger partial charge in [0.2, 0.25) is 5.91 Å². The van der Waals surface area contributed by atoms with Crippen LogP contribution < -0.4 is 15.4 Å². The molecule has 0 radical (unpaired) electrons. The average Bonchev–Trinajstić information content (AvgIpc) is 3.20. The summed E-state index contributed by atoms with van der Waals surface area (Å²) in [6, 6.07) is 21.1. The molecule has 0 aliphatic carbocycles. The normalized spacial score (nSPS) is 16.7. The third-order valence-electron chi connectivity index (χ3n) is 6.41. The summed E-state index contributed by atoms with van der Waals surface area (Å²) in [5, 5.41) is 5.64. The van der Waals surface area contributed by atoms with E-state index in [4.69, 9.17) is 9.47 Å². The summed E-state index contributed by atoms with van der Waals surface area (Å²) in [6.07, 6.45) is 0. The van der Waals surface area contributed by atoms with Crippen molar-refractivity contribution in [2.24, 2.45) is 0 Å². The molecule has 1 heterocycles. The Morgan fingerprint density at radius 1 is 0.973 bits per heavy atom. The second-order valence-corrected chi connectivity index (χ2v) is 9.00. The predicted octanol–water partition coefficient (Wildman–Crippen LogP) is 4.42. The summed E-state index contributed by atoms with van der Waals surface area (Å²) in [4.78, 5) is 41.4. The van der Waals surface area contributed by atoms with Crippen LogP contribution >= 0.6 is 0 Å². The molecule has 3 aromatic rings. The van der Waals surface area contributed by atoms with Crippen LogP contribution in [0.4, 0.5) is 10.5 Å². The van der Waals surface area contributed by atoms with Crippen LogP contribution in [-0.2, 0) is 14.3 Å². The number of imide groups is 1. The van der Waals surface area contributed by atoms with E-state index in [1.807, 2.05) is 56.3 Å². The highest BCUT2D eigenvalue weighted by molar-refractivity contribution is 6.09. The van der Waals surface area contributed by atoms with E-state index in [1.54, 1.807) is 43.5 Å². The van der Waals surface area contributed by atoms with Crippen LogP contribution in [0.5, 0.6) is 5.75 Å². The molecule has 0 saturated carbocycles. The van der Waals surface area contributed by atoms with E-state index < -0.39 is 35.8 Å². The molecule has 0 aromatic heterocycles. The van der Waals surface area contributed by atoms with Gasteiger partial charge in [-0.2, -0.15) is 0 Å². The number of hydrogen-bond donors (Lipinski definition) is 2. The Kier molecular flexibility index (Phi) is 8.20. The summed E-state index contributed by atoms with van der Waals surface area (Å²) in [5.41, 5.74) is 3.09. The quantitative estimate of drug-likeness (QED) is 0.317. The number of nitrogens with zero attached hydrogens (tertiary/aromatic N) is 1. The summed E-state index contributed by atoms with van der Waals surface area (Å²) < 4.78 is 10.6. The zero-order chi connectivity index (χ0) is 26.4. The number of rotatable bonds is 10. The highest BCUT2D eigenvalue weighted by Crippen LogP contribution is 2.31. The second kappa shape index (κ2) is 11.7. The molecule has 0 unspecified atom stereocenters. The number of nitrogens with one attached hydrogen (secondary N) is 2. The highest BCUT2D eigenvalue weighted by atomic mass is 16.5. The van der Waals surface area contributed by atoms with Crippen molar-refractivity contribution < 1.29 is 23.9 Å². The number of carbonyl (C=O) groups is 3. The van der Waals surface area contributed by atoms with Gasteiger partial charge in [0.25, 0.3) is 5.91 Å². The Balaban J connectivity index is 1.60. The van der Waals surface area contributed by atoms with Crippen LogP contribution in [0.1, 0.15) is 35.6 Å². The molecule has 3 atom stereocenters. The van der Waals surface area contributed by atoms with Gasteiger partial charge in [0.1, 0.15) is 24.4 Å². The lowest BCUT2D eigenvalue weighted by Gasteiger charge is -2.30. The highest BCUT2D eigenvalue weighted by Gasteiger charge is 2.47. The molecular weight excluding hydrogens is 470 g/mol. The second-order valence-electron chi connectivity index (χ2n) is 9.00. The van der Waals surface area contributed by atoms with Crippen molar-refractivity contribution in [2.75, 3.05) is 25.6 Å². The van der Waals surface area contributed by atoms with Gasteiger partial charge in [-0.25, -0.2) is 9.69 Å². The van der Waals surface area contributed by atoms with Crippen molar-refractivity contribution >= 4 is 23.5 Å². The third-order valence-corrected chi connectivity index (χ3v) is 6.41. The smallest absolute Gasteiger partial charge is 0.325 e. The maximum absolute atomic E-state index is 13.6. The topological polar surface area (TPSA) is 97.0 Å². The van der Waals surface area contributed by atoms with Crippen LogP contribution in [0.15, 0.2) is 78.9 Å². The van der Waals surface area contributed by atoms with E-state index in [2.05, 4.69) is 10.6 Å². The van der Waals surface area contributed by atoms with Crippen LogP contribution in [0.3, 0.4) is 0 Å². The molecule has 0 bridgehead atoms. The maximum Gasteiger partial charge on any atom is 0.325 e. The van der Waals surface area contributed by atoms with Gasteiger partial charge in [-0.3, -0.25) is 9.59 Å². The molecule has 192 valence electrons. The minimum Gasteiger partial charge on any atom is -0.491 e. The molecule has 1 aliphatic rings. The molecule has 4 rings (SSSR count). The fourth-order valence-electron chi connectivity index (χ4n) is 4.34. The van der Waals surface area contributed by atoms with E-state index in [-0.39, 0.29) is 0 Å². The number of carbonyl (C=O) groups excluding carboxylic acids is 3. The van der Waals surface area contributed by atoms with Gasteiger partial charge >= 0.3 is 6.03 Å². The van der Waals surface area contributed by atoms with E-state index in [9.17, 15) is 14.4 Å². The number of amides is 4. The van der Waals surface area contributed by atoms with Crippen molar-refractivity contribution in [3.05, 3.63) is 95.6 Å². The monoisotopic (exact) mass is 501 g/mol. The van der Waals surface area contributed by atoms with E-state index >= 15 is 0 Å². The summed E-state index contributed by atoms with van der Waals surface area (Å²) in [6.45, 7) is 4.66. The lowest BCUT2D eigenvalue weighted by Crippen LogP contribution is -2.50. The van der Waals surface area contributed by atoms with Crippen molar-refractivity contribution in [3.63, 3.8) is 0 Å². The van der Waals surface area contributed by atoms with E-state index in [1.165, 1.54) is 0 Å². The van der Waals surface area contributed by atoms with Crippen molar-refractivity contribution in [3.8, 4) is 5.75 Å². The first-order valence-corrected chi connectivity index (χ1v) is 12.2. The molecule has 8 heteroatoms. The molecule has 4 amide bonds. The first-order chi connectivity index (χ1) is 17.9. The number of urea groups is 1. The third kappa shape index (κ3) is 5.98. The van der Waals surface area contributed by atoms with Gasteiger partial charge in [-0.15, -0.1) is 0 Å². The molecule has 1 fully saturated rings. The van der Waals surface area contributed by atoms with Gasteiger partial charge < -0.3 is 20.1 Å². The number of hydrogen-bond acceptors (Lipinski definition) is 5. The van der Waals surface area contributed by atoms with Gasteiger partial charge in [0, 0.05) is 18.7 Å². The summed E-state index contributed by atoms with van der Waals surface area (Å²) in [5.74, 6) is -0.740. The molecule has 1 saturated heterocycles. The molecule has 2 N–H and O–H groups in total. The lowest BCUT2D eigenvalue weighted by molar-refractivity contribution is -0.134. The number of benzene rings is 3. The zero-order valence-corrected chi connectivity index (χ0v) is 21.1. The SMILES string of the molecule is COCCOc1ccc([C@H]2NC(=O)N([C@H](C(=O)Nc3ccc(C)cc3)[C@@H](C)c3ccccc3)C2=O)cc1. The first-order valence-electron chi connectivity index (χ1n) is 12.2. The Bertz CT molecular complexity index is 1230. The molecule has 8 nitrogen and oxygen atoms in total. The molecule has 37 heavy (non-hydrogen) atoms. The van der Waals surface area contributed by atoms with E-state index in [0.717, 1.165) is 16.0 Å². The lowest BCUT2D eigenvalue weighted by atomic mass is 9.91. The number of anilines is 1. The molecule has 3 aromatic carbocycles. The largest absolute Gasteiger partial charge is 0.491 e. The minimum absolute atomic E-state index is 0.401. The Labute approximate surface area is 216 Å². The summed E-state index contributed by atoms with van der Waals surface area (Å²) in [7, 11) is 1.60. The van der Waals surface area contributed by atoms with Crippen LogP contribution in [0.2, 0.25) is 0 Å². The fraction of sp³-hybridized carbons (Fsp3) is 0.276. The van der Waals surface area contributed by atoms with Crippen molar-refractivity contribution in [2.45, 2.75) is 31.8 Å². The maximum atomic E-state index is 13.6. The van der Waals surface area contributed by atoms with Gasteiger partial charge in [-0.1, -0.05) is 67.1 Å².